The molecule has 0 bridgehead atoms. The van der Waals surface area contributed by atoms with Gasteiger partial charge >= 0.3 is 0 Å². The number of nitrogens with zero attached hydrogens (tertiary/aromatic N) is 2. The Morgan fingerprint density at radius 2 is 2.24 bits per heavy atom. The Labute approximate surface area is 133 Å². The van der Waals surface area contributed by atoms with Crippen molar-refractivity contribution in [1.82, 2.24) is 4.90 Å². The molecule has 4 nitrogen and oxygen atoms in total. The summed E-state index contributed by atoms with van der Waals surface area (Å²) >= 11 is 0. The molecule has 1 aliphatic rings. The molecule has 0 amide bonds. The van der Waals surface area contributed by atoms with Gasteiger partial charge in [-0.05, 0) is 44.0 Å². The fourth-order valence-electron chi connectivity index (χ4n) is 2.97. The highest BCUT2D eigenvalue weighted by Crippen LogP contribution is 2.24. The predicted molar refractivity (Wildman–Crippen MR) is 86.7 cm³/mol. The highest BCUT2D eigenvalue weighted by molar-refractivity contribution is 5.85. The van der Waals surface area contributed by atoms with Gasteiger partial charge in [0.25, 0.3) is 0 Å². The van der Waals surface area contributed by atoms with Crippen LogP contribution in [0.1, 0.15) is 37.3 Å². The number of piperidine rings is 1. The lowest BCUT2D eigenvalue weighted by molar-refractivity contribution is 0.123. The average molecular weight is 310 g/mol. The fraction of sp³-hybridized carbons (Fsp3) is 0.562. The Kier molecular flexibility index (Phi) is 6.97. The molecule has 0 aliphatic carbocycles. The van der Waals surface area contributed by atoms with Crippen LogP contribution in [-0.4, -0.2) is 30.6 Å². The molecule has 116 valence electrons. The van der Waals surface area contributed by atoms with E-state index >= 15 is 0 Å². The van der Waals surface area contributed by atoms with Crippen LogP contribution in [0.25, 0.3) is 0 Å². The molecule has 1 fully saturated rings. The van der Waals surface area contributed by atoms with Crippen molar-refractivity contribution in [3.63, 3.8) is 0 Å². The summed E-state index contributed by atoms with van der Waals surface area (Å²) in [6.45, 7) is 4.05. The Balaban J connectivity index is 0.00000220. The van der Waals surface area contributed by atoms with Crippen molar-refractivity contribution in [1.29, 1.82) is 5.26 Å². The van der Waals surface area contributed by atoms with Gasteiger partial charge in [-0.3, -0.25) is 4.90 Å². The molecule has 2 N–H and O–H groups in total. The van der Waals surface area contributed by atoms with E-state index in [1.807, 2.05) is 18.2 Å². The summed E-state index contributed by atoms with van der Waals surface area (Å²) in [4.78, 5) is 2.45. The number of likely N-dealkylation sites (tertiary alicyclic amines) is 1. The Hall–Kier alpha value is -1.28. The summed E-state index contributed by atoms with van der Waals surface area (Å²) in [5.74, 6) is 0.652. The van der Waals surface area contributed by atoms with E-state index in [9.17, 15) is 0 Å². The molecule has 0 aromatic heterocycles. The summed E-state index contributed by atoms with van der Waals surface area (Å²) in [6, 6.07) is 8.59. The van der Waals surface area contributed by atoms with E-state index in [1.165, 1.54) is 24.8 Å². The molecular formula is C16H24ClN3O. The monoisotopic (exact) mass is 309 g/mol. The van der Waals surface area contributed by atoms with Gasteiger partial charge in [-0.25, -0.2) is 0 Å². The molecule has 0 radical (unpaired) electrons. The van der Waals surface area contributed by atoms with Crippen LogP contribution in [0.4, 0.5) is 0 Å². The van der Waals surface area contributed by atoms with E-state index in [1.54, 1.807) is 7.11 Å². The summed E-state index contributed by atoms with van der Waals surface area (Å²) in [7, 11) is 1.60. The highest BCUT2D eigenvalue weighted by Gasteiger charge is 2.25. The zero-order valence-electron chi connectivity index (χ0n) is 12.7. The Morgan fingerprint density at radius 3 is 2.86 bits per heavy atom. The number of halogens is 1. The molecule has 2 unspecified atom stereocenters. The molecule has 5 heteroatoms. The van der Waals surface area contributed by atoms with Gasteiger partial charge in [-0.15, -0.1) is 12.4 Å². The molecule has 1 aromatic rings. The van der Waals surface area contributed by atoms with Gasteiger partial charge < -0.3 is 10.5 Å². The van der Waals surface area contributed by atoms with Gasteiger partial charge in [0, 0.05) is 18.6 Å². The van der Waals surface area contributed by atoms with Crippen LogP contribution in [0.2, 0.25) is 0 Å². The van der Waals surface area contributed by atoms with Crippen molar-refractivity contribution in [3.05, 3.63) is 29.3 Å². The van der Waals surface area contributed by atoms with Crippen LogP contribution in [0, 0.1) is 11.3 Å². The molecule has 2 atom stereocenters. The second-order valence-electron chi connectivity index (χ2n) is 5.54. The number of benzene rings is 1. The lowest BCUT2D eigenvalue weighted by Gasteiger charge is -2.38. The maximum absolute atomic E-state index is 9.02. The Morgan fingerprint density at radius 1 is 1.48 bits per heavy atom. The van der Waals surface area contributed by atoms with Crippen LogP contribution < -0.4 is 10.5 Å². The van der Waals surface area contributed by atoms with Crippen molar-refractivity contribution < 1.29 is 4.74 Å². The van der Waals surface area contributed by atoms with Crippen LogP contribution in [0.3, 0.4) is 0 Å². The molecular weight excluding hydrogens is 286 g/mol. The third-order valence-corrected chi connectivity index (χ3v) is 4.04. The summed E-state index contributed by atoms with van der Waals surface area (Å²) in [6.07, 6.45) is 3.67. The minimum atomic E-state index is 0. The van der Waals surface area contributed by atoms with Crippen LogP contribution in [0.5, 0.6) is 5.75 Å². The number of hydrogen-bond donors (Lipinski definition) is 1. The van der Waals surface area contributed by atoms with Gasteiger partial charge in [0.1, 0.15) is 11.8 Å². The number of rotatable bonds is 4. The van der Waals surface area contributed by atoms with E-state index in [-0.39, 0.29) is 18.4 Å². The smallest absolute Gasteiger partial charge is 0.136 e. The third kappa shape index (κ3) is 4.34. The minimum Gasteiger partial charge on any atom is -0.495 e. The average Bonchev–Trinajstić information content (AvgIpc) is 2.47. The van der Waals surface area contributed by atoms with Gasteiger partial charge in [0.15, 0.2) is 0 Å². The molecule has 1 aliphatic heterocycles. The lowest BCUT2D eigenvalue weighted by Crippen LogP contribution is -2.48. The number of methoxy groups -OCH3 is 1. The highest BCUT2D eigenvalue weighted by atomic mass is 35.5. The van der Waals surface area contributed by atoms with E-state index < -0.39 is 0 Å². The van der Waals surface area contributed by atoms with Crippen LogP contribution in [0.15, 0.2) is 18.2 Å². The largest absolute Gasteiger partial charge is 0.495 e. The van der Waals surface area contributed by atoms with E-state index in [2.05, 4.69) is 17.9 Å². The van der Waals surface area contributed by atoms with Gasteiger partial charge in [-0.2, -0.15) is 5.26 Å². The zero-order valence-corrected chi connectivity index (χ0v) is 13.5. The summed E-state index contributed by atoms with van der Waals surface area (Å²) in [5.41, 5.74) is 7.86. The second-order valence-corrected chi connectivity index (χ2v) is 5.54. The quantitative estimate of drug-likeness (QED) is 0.929. The molecule has 2 rings (SSSR count). The topological polar surface area (TPSA) is 62.3 Å². The maximum Gasteiger partial charge on any atom is 0.136 e. The Bertz CT molecular complexity index is 499. The van der Waals surface area contributed by atoms with E-state index in [0.29, 0.717) is 17.4 Å². The molecule has 0 saturated carbocycles. The third-order valence-electron chi connectivity index (χ3n) is 4.04. The van der Waals surface area contributed by atoms with Crippen LogP contribution in [-0.2, 0) is 6.54 Å². The fourth-order valence-corrected chi connectivity index (χ4v) is 2.97. The van der Waals surface area contributed by atoms with Crippen molar-refractivity contribution >= 4 is 12.4 Å². The standard InChI is InChI=1S/C16H23N3O.ClH/c1-12(18)15-5-3-4-8-19(15)11-13-6-7-14(10-17)16(9-13)20-2;/h6-7,9,12,15H,3-5,8,11,18H2,1-2H3;1H. The molecule has 0 spiro atoms. The first kappa shape index (κ1) is 17.8. The summed E-state index contributed by atoms with van der Waals surface area (Å²) in [5, 5.41) is 9.02. The molecule has 21 heavy (non-hydrogen) atoms. The molecule has 1 saturated heterocycles. The van der Waals surface area contributed by atoms with E-state index in [0.717, 1.165) is 13.1 Å². The van der Waals surface area contributed by atoms with Crippen molar-refractivity contribution in [3.8, 4) is 11.8 Å². The normalized spacial score (nSPS) is 20.2. The maximum atomic E-state index is 9.02. The molecule has 1 heterocycles. The van der Waals surface area contributed by atoms with Crippen molar-refractivity contribution in [2.24, 2.45) is 5.73 Å². The van der Waals surface area contributed by atoms with Gasteiger partial charge in [0.05, 0.1) is 12.7 Å². The molecule has 1 aromatic carbocycles. The van der Waals surface area contributed by atoms with Crippen molar-refractivity contribution in [2.45, 2.75) is 44.8 Å². The SMILES string of the molecule is COc1cc(CN2CCCCC2C(C)N)ccc1C#N.Cl. The first-order chi connectivity index (χ1) is 9.65. The van der Waals surface area contributed by atoms with Crippen molar-refractivity contribution in [2.75, 3.05) is 13.7 Å². The number of nitrogens with two attached hydrogens (primary N) is 1. The number of nitriles is 1. The second kappa shape index (κ2) is 8.23. The first-order valence-corrected chi connectivity index (χ1v) is 7.22. The van der Waals surface area contributed by atoms with Gasteiger partial charge in [0.2, 0.25) is 0 Å². The number of hydrogen-bond acceptors (Lipinski definition) is 4. The minimum absolute atomic E-state index is 0. The number of ether oxygens (including phenoxy) is 1. The predicted octanol–water partition coefficient (Wildman–Crippen LogP) is 2.69. The van der Waals surface area contributed by atoms with E-state index in [4.69, 9.17) is 15.7 Å². The summed E-state index contributed by atoms with van der Waals surface area (Å²) < 4.78 is 5.27. The first-order valence-electron chi connectivity index (χ1n) is 7.22. The lowest BCUT2D eigenvalue weighted by atomic mass is 9.96. The van der Waals surface area contributed by atoms with Crippen LogP contribution >= 0.6 is 12.4 Å². The van der Waals surface area contributed by atoms with Gasteiger partial charge in [-0.1, -0.05) is 12.5 Å². The zero-order chi connectivity index (χ0) is 14.5.